The molecule has 0 saturated heterocycles. The van der Waals surface area contributed by atoms with Gasteiger partial charge in [-0.1, -0.05) is 30.3 Å². The molecular formula is C12H9BrFN. The molecule has 0 fully saturated rings. The minimum absolute atomic E-state index is 0.282. The maximum Gasteiger partial charge on any atom is 0.145 e. The second-order valence-electron chi connectivity index (χ2n) is 3.19. The second kappa shape index (κ2) is 4.03. The molecule has 0 atom stereocenters. The monoisotopic (exact) mass is 265 g/mol. The van der Waals surface area contributed by atoms with Gasteiger partial charge in [0, 0.05) is 16.8 Å². The number of anilines is 1. The van der Waals surface area contributed by atoms with Gasteiger partial charge in [0.2, 0.25) is 0 Å². The SMILES string of the molecule is Nc1ccccc1-c1cccc(Br)c1F. The van der Waals surface area contributed by atoms with E-state index in [0.29, 0.717) is 15.7 Å². The van der Waals surface area contributed by atoms with Crippen molar-refractivity contribution < 1.29 is 4.39 Å². The summed E-state index contributed by atoms with van der Waals surface area (Å²) in [7, 11) is 0. The van der Waals surface area contributed by atoms with E-state index in [0.717, 1.165) is 5.56 Å². The fourth-order valence-corrected chi connectivity index (χ4v) is 1.82. The standard InChI is InChI=1S/C12H9BrFN/c13-10-6-3-5-9(12(10)14)8-4-1-2-7-11(8)15/h1-7H,15H2. The molecule has 2 aromatic rings. The van der Waals surface area contributed by atoms with E-state index in [9.17, 15) is 4.39 Å². The topological polar surface area (TPSA) is 26.0 Å². The van der Waals surface area contributed by atoms with Gasteiger partial charge >= 0.3 is 0 Å². The van der Waals surface area contributed by atoms with E-state index in [1.165, 1.54) is 0 Å². The number of rotatable bonds is 1. The predicted octanol–water partition coefficient (Wildman–Crippen LogP) is 3.84. The van der Waals surface area contributed by atoms with Crippen LogP contribution >= 0.6 is 15.9 Å². The highest BCUT2D eigenvalue weighted by Crippen LogP contribution is 2.31. The Morgan fingerprint density at radius 2 is 1.60 bits per heavy atom. The first-order chi connectivity index (χ1) is 7.20. The summed E-state index contributed by atoms with van der Waals surface area (Å²) in [4.78, 5) is 0. The molecule has 2 rings (SSSR count). The molecule has 0 aromatic heterocycles. The van der Waals surface area contributed by atoms with Crippen molar-refractivity contribution >= 4 is 21.6 Å². The molecule has 0 saturated carbocycles. The molecular weight excluding hydrogens is 257 g/mol. The van der Waals surface area contributed by atoms with Crippen LogP contribution in [0.4, 0.5) is 10.1 Å². The Morgan fingerprint density at radius 1 is 0.933 bits per heavy atom. The normalized spacial score (nSPS) is 10.3. The summed E-state index contributed by atoms with van der Waals surface area (Å²) in [6, 6.07) is 12.4. The lowest BCUT2D eigenvalue weighted by molar-refractivity contribution is 0.625. The van der Waals surface area contributed by atoms with Crippen molar-refractivity contribution in [1.29, 1.82) is 0 Å². The van der Waals surface area contributed by atoms with Crippen molar-refractivity contribution in [3.05, 3.63) is 52.8 Å². The number of nitrogens with two attached hydrogens (primary N) is 1. The zero-order valence-corrected chi connectivity index (χ0v) is 9.46. The average Bonchev–Trinajstić information content (AvgIpc) is 2.23. The van der Waals surface area contributed by atoms with Gasteiger partial charge in [-0.2, -0.15) is 0 Å². The summed E-state index contributed by atoms with van der Waals surface area (Å²) in [5, 5.41) is 0. The lowest BCUT2D eigenvalue weighted by Crippen LogP contribution is -1.92. The molecule has 1 nitrogen and oxygen atoms in total. The third-order valence-electron chi connectivity index (χ3n) is 2.20. The van der Waals surface area contributed by atoms with Gasteiger partial charge in [-0.3, -0.25) is 0 Å². The highest BCUT2D eigenvalue weighted by Gasteiger charge is 2.09. The molecule has 0 radical (unpaired) electrons. The highest BCUT2D eigenvalue weighted by molar-refractivity contribution is 9.10. The Labute approximate surface area is 95.9 Å². The fourth-order valence-electron chi connectivity index (χ4n) is 1.45. The van der Waals surface area contributed by atoms with Crippen molar-refractivity contribution in [3.63, 3.8) is 0 Å². The van der Waals surface area contributed by atoms with E-state index in [1.54, 1.807) is 30.3 Å². The van der Waals surface area contributed by atoms with Crippen LogP contribution in [0.1, 0.15) is 0 Å². The van der Waals surface area contributed by atoms with Gasteiger partial charge < -0.3 is 5.73 Å². The van der Waals surface area contributed by atoms with Crippen LogP contribution in [0.5, 0.6) is 0 Å². The Morgan fingerprint density at radius 3 is 2.33 bits per heavy atom. The zero-order chi connectivity index (χ0) is 10.8. The summed E-state index contributed by atoms with van der Waals surface area (Å²) in [6.45, 7) is 0. The summed E-state index contributed by atoms with van der Waals surface area (Å²) in [5.74, 6) is -0.282. The number of halogens is 2. The second-order valence-corrected chi connectivity index (χ2v) is 4.04. The van der Waals surface area contributed by atoms with Gasteiger partial charge in [-0.05, 0) is 28.1 Å². The Kier molecular flexibility index (Phi) is 2.73. The third-order valence-corrected chi connectivity index (χ3v) is 2.82. The van der Waals surface area contributed by atoms with Crippen LogP contribution in [-0.4, -0.2) is 0 Å². The van der Waals surface area contributed by atoms with Gasteiger partial charge in [-0.25, -0.2) is 4.39 Å². The van der Waals surface area contributed by atoms with Gasteiger partial charge in [0.1, 0.15) is 5.82 Å². The van der Waals surface area contributed by atoms with Crippen molar-refractivity contribution in [2.24, 2.45) is 0 Å². The van der Waals surface area contributed by atoms with Crippen LogP contribution in [-0.2, 0) is 0 Å². The largest absolute Gasteiger partial charge is 0.398 e. The van der Waals surface area contributed by atoms with Gasteiger partial charge in [0.25, 0.3) is 0 Å². The van der Waals surface area contributed by atoms with Gasteiger partial charge in [-0.15, -0.1) is 0 Å². The van der Waals surface area contributed by atoms with Crippen LogP contribution in [0.15, 0.2) is 46.9 Å². The van der Waals surface area contributed by atoms with Crippen molar-refractivity contribution in [1.82, 2.24) is 0 Å². The van der Waals surface area contributed by atoms with E-state index in [4.69, 9.17) is 5.73 Å². The highest BCUT2D eigenvalue weighted by atomic mass is 79.9. The molecule has 0 heterocycles. The summed E-state index contributed by atoms with van der Waals surface area (Å²) in [6.07, 6.45) is 0. The fraction of sp³-hybridized carbons (Fsp3) is 0. The van der Waals surface area contributed by atoms with E-state index < -0.39 is 0 Å². The van der Waals surface area contributed by atoms with E-state index in [1.807, 2.05) is 12.1 Å². The van der Waals surface area contributed by atoms with Crippen LogP contribution in [0.2, 0.25) is 0 Å². The van der Waals surface area contributed by atoms with Crippen LogP contribution in [0.25, 0.3) is 11.1 Å². The maximum atomic E-state index is 13.8. The van der Waals surface area contributed by atoms with Gasteiger partial charge in [0.15, 0.2) is 0 Å². The Hall–Kier alpha value is -1.35. The minimum Gasteiger partial charge on any atom is -0.398 e. The smallest absolute Gasteiger partial charge is 0.145 e. The van der Waals surface area contributed by atoms with Crippen LogP contribution in [0.3, 0.4) is 0 Å². The number of para-hydroxylation sites is 1. The first-order valence-electron chi connectivity index (χ1n) is 4.49. The Balaban J connectivity index is 2.65. The number of nitrogen functional groups attached to an aromatic ring is 1. The quantitative estimate of drug-likeness (QED) is 0.780. The maximum absolute atomic E-state index is 13.8. The summed E-state index contributed by atoms with van der Waals surface area (Å²) >= 11 is 3.15. The zero-order valence-electron chi connectivity index (χ0n) is 7.87. The van der Waals surface area contributed by atoms with E-state index >= 15 is 0 Å². The molecule has 2 aromatic carbocycles. The third kappa shape index (κ3) is 1.88. The lowest BCUT2D eigenvalue weighted by Gasteiger charge is -2.07. The molecule has 76 valence electrons. The van der Waals surface area contributed by atoms with Crippen molar-refractivity contribution in [2.45, 2.75) is 0 Å². The minimum atomic E-state index is -0.282. The molecule has 0 aliphatic carbocycles. The molecule has 0 aliphatic rings. The summed E-state index contributed by atoms with van der Waals surface area (Å²) in [5.41, 5.74) is 7.60. The first-order valence-corrected chi connectivity index (χ1v) is 5.28. The lowest BCUT2D eigenvalue weighted by atomic mass is 10.0. The van der Waals surface area contributed by atoms with Crippen LogP contribution in [0, 0.1) is 5.82 Å². The molecule has 0 spiro atoms. The average molecular weight is 266 g/mol. The van der Waals surface area contributed by atoms with Crippen molar-refractivity contribution in [2.75, 3.05) is 5.73 Å². The molecule has 2 N–H and O–H groups in total. The number of hydrogen-bond acceptors (Lipinski definition) is 1. The Bertz CT molecular complexity index is 497. The number of hydrogen-bond donors (Lipinski definition) is 1. The molecule has 15 heavy (non-hydrogen) atoms. The van der Waals surface area contributed by atoms with E-state index in [-0.39, 0.29) is 5.82 Å². The number of benzene rings is 2. The van der Waals surface area contributed by atoms with Crippen molar-refractivity contribution in [3.8, 4) is 11.1 Å². The molecule has 0 unspecified atom stereocenters. The van der Waals surface area contributed by atoms with Gasteiger partial charge in [0.05, 0.1) is 4.47 Å². The van der Waals surface area contributed by atoms with E-state index in [2.05, 4.69) is 15.9 Å². The molecule has 0 aliphatic heterocycles. The first kappa shape index (κ1) is 10.2. The predicted molar refractivity (Wildman–Crippen MR) is 63.9 cm³/mol. The molecule has 3 heteroatoms. The molecule has 0 bridgehead atoms. The molecule has 0 amide bonds. The van der Waals surface area contributed by atoms with Crippen LogP contribution < -0.4 is 5.73 Å². The summed E-state index contributed by atoms with van der Waals surface area (Å²) < 4.78 is 14.2.